The van der Waals surface area contributed by atoms with Gasteiger partial charge in [-0.2, -0.15) is 0 Å². The Hall–Kier alpha value is -1.75. The molecule has 2 rings (SSSR count). The third-order valence-corrected chi connectivity index (χ3v) is 4.13. The lowest BCUT2D eigenvalue weighted by Gasteiger charge is -2.29. The van der Waals surface area contributed by atoms with E-state index in [1.54, 1.807) is 31.1 Å². The molecule has 1 aromatic rings. The average Bonchev–Trinajstić information content (AvgIpc) is 2.47. The highest BCUT2D eigenvalue weighted by molar-refractivity contribution is 5.95. The number of rotatable bonds is 4. The molecule has 0 atom stereocenters. The van der Waals surface area contributed by atoms with Crippen LogP contribution in [-0.2, 0) is 0 Å². The van der Waals surface area contributed by atoms with Crippen LogP contribution in [0.1, 0.15) is 23.2 Å². The largest absolute Gasteiger partial charge is 0.397 e. The number of nitrogens with two attached hydrogens (primary N) is 1. The summed E-state index contributed by atoms with van der Waals surface area (Å²) in [6.45, 7) is 3.22. The van der Waals surface area contributed by atoms with Gasteiger partial charge >= 0.3 is 0 Å². The number of nitrogen functional groups attached to an aromatic ring is 1. The van der Waals surface area contributed by atoms with Gasteiger partial charge in [0.15, 0.2) is 0 Å². The molecule has 0 spiro atoms. The number of piperidine rings is 1. The van der Waals surface area contributed by atoms with Crippen LogP contribution < -0.4 is 11.1 Å². The van der Waals surface area contributed by atoms with Crippen LogP contribution in [-0.4, -0.2) is 56.5 Å². The normalized spacial score (nSPS) is 16.7. The standard InChI is InChI=1S/C16H26N4O/c1-19(2)16(21)13-4-5-14(17)15(10-13)18-11-12-6-8-20(3)9-7-12/h4-5,10,12,18H,6-9,11,17H2,1-3H3. The summed E-state index contributed by atoms with van der Waals surface area (Å²) >= 11 is 0. The van der Waals surface area contributed by atoms with Gasteiger partial charge in [0.1, 0.15) is 0 Å². The molecule has 0 aromatic heterocycles. The quantitative estimate of drug-likeness (QED) is 0.829. The summed E-state index contributed by atoms with van der Waals surface area (Å²) < 4.78 is 0. The highest BCUT2D eigenvalue weighted by atomic mass is 16.2. The van der Waals surface area contributed by atoms with E-state index in [0.29, 0.717) is 17.2 Å². The minimum absolute atomic E-state index is 0.00246. The van der Waals surface area contributed by atoms with E-state index in [1.807, 2.05) is 6.07 Å². The van der Waals surface area contributed by atoms with Gasteiger partial charge in [-0.25, -0.2) is 0 Å². The summed E-state index contributed by atoms with van der Waals surface area (Å²) in [5, 5.41) is 3.42. The Kier molecular flexibility index (Phi) is 5.07. The van der Waals surface area contributed by atoms with Crippen LogP contribution in [0, 0.1) is 5.92 Å². The zero-order chi connectivity index (χ0) is 15.4. The topological polar surface area (TPSA) is 61.6 Å². The number of amides is 1. The second-order valence-electron chi connectivity index (χ2n) is 6.13. The number of carbonyl (C=O) groups is 1. The Labute approximate surface area is 127 Å². The molecule has 1 saturated heterocycles. The van der Waals surface area contributed by atoms with E-state index in [9.17, 15) is 4.79 Å². The lowest BCUT2D eigenvalue weighted by Crippen LogP contribution is -2.33. The summed E-state index contributed by atoms with van der Waals surface area (Å²) in [6.07, 6.45) is 2.42. The molecule has 1 fully saturated rings. The predicted octanol–water partition coefficient (Wildman–Crippen LogP) is 1.72. The number of nitrogens with one attached hydrogen (secondary N) is 1. The van der Waals surface area contributed by atoms with Crippen molar-refractivity contribution < 1.29 is 4.79 Å². The first-order valence-electron chi connectivity index (χ1n) is 7.51. The molecule has 1 amide bonds. The third kappa shape index (κ3) is 4.11. The van der Waals surface area contributed by atoms with Crippen molar-refractivity contribution in [3.8, 4) is 0 Å². The summed E-state index contributed by atoms with van der Waals surface area (Å²) in [5.41, 5.74) is 8.23. The van der Waals surface area contributed by atoms with Gasteiger partial charge in [-0.15, -0.1) is 0 Å². The molecule has 1 aliphatic rings. The molecule has 0 saturated carbocycles. The number of anilines is 2. The summed E-state index contributed by atoms with van der Waals surface area (Å²) in [6, 6.07) is 5.43. The van der Waals surface area contributed by atoms with Crippen LogP contribution >= 0.6 is 0 Å². The van der Waals surface area contributed by atoms with Crippen LogP contribution in [0.4, 0.5) is 11.4 Å². The van der Waals surface area contributed by atoms with Crippen LogP contribution in [0.5, 0.6) is 0 Å². The van der Waals surface area contributed by atoms with Crippen LogP contribution in [0.3, 0.4) is 0 Å². The number of nitrogens with zero attached hydrogens (tertiary/aromatic N) is 2. The molecular weight excluding hydrogens is 264 g/mol. The molecule has 3 N–H and O–H groups in total. The number of hydrogen-bond donors (Lipinski definition) is 2. The maximum absolute atomic E-state index is 12.0. The molecule has 5 nitrogen and oxygen atoms in total. The number of hydrogen-bond acceptors (Lipinski definition) is 4. The minimum atomic E-state index is -0.00246. The zero-order valence-electron chi connectivity index (χ0n) is 13.2. The smallest absolute Gasteiger partial charge is 0.253 e. The van der Waals surface area contributed by atoms with Crippen molar-refractivity contribution in [2.24, 2.45) is 5.92 Å². The lowest BCUT2D eigenvalue weighted by atomic mass is 9.97. The van der Waals surface area contributed by atoms with Crippen molar-refractivity contribution >= 4 is 17.3 Å². The molecule has 1 heterocycles. The highest BCUT2D eigenvalue weighted by Crippen LogP contribution is 2.23. The van der Waals surface area contributed by atoms with E-state index in [1.165, 1.54) is 12.8 Å². The predicted molar refractivity (Wildman–Crippen MR) is 87.6 cm³/mol. The summed E-state index contributed by atoms with van der Waals surface area (Å²) in [5.74, 6) is 0.672. The number of carbonyl (C=O) groups excluding carboxylic acids is 1. The van der Waals surface area contributed by atoms with Gasteiger partial charge < -0.3 is 20.9 Å². The Morgan fingerprint density at radius 1 is 1.38 bits per heavy atom. The molecule has 1 aromatic carbocycles. The van der Waals surface area contributed by atoms with Crippen molar-refractivity contribution in [1.29, 1.82) is 0 Å². The maximum atomic E-state index is 12.0. The molecule has 0 unspecified atom stereocenters. The second-order valence-corrected chi connectivity index (χ2v) is 6.13. The Morgan fingerprint density at radius 2 is 2.05 bits per heavy atom. The fourth-order valence-electron chi connectivity index (χ4n) is 2.62. The minimum Gasteiger partial charge on any atom is -0.397 e. The molecule has 1 aliphatic heterocycles. The van der Waals surface area contributed by atoms with Gasteiger partial charge in [0.2, 0.25) is 0 Å². The van der Waals surface area contributed by atoms with Crippen molar-refractivity contribution in [3.63, 3.8) is 0 Å². The van der Waals surface area contributed by atoms with E-state index >= 15 is 0 Å². The van der Waals surface area contributed by atoms with E-state index in [4.69, 9.17) is 5.73 Å². The molecule has 0 bridgehead atoms. The summed E-state index contributed by atoms with van der Waals surface area (Å²) in [7, 11) is 5.67. The van der Waals surface area contributed by atoms with Gasteiger partial charge in [-0.3, -0.25) is 4.79 Å². The number of benzene rings is 1. The van der Waals surface area contributed by atoms with Gasteiger partial charge in [-0.1, -0.05) is 0 Å². The van der Waals surface area contributed by atoms with Gasteiger partial charge in [0.25, 0.3) is 5.91 Å². The molecule has 5 heteroatoms. The maximum Gasteiger partial charge on any atom is 0.253 e. The molecular formula is C16H26N4O. The van der Waals surface area contributed by atoms with Crippen molar-refractivity contribution in [1.82, 2.24) is 9.80 Å². The Bertz CT molecular complexity index is 493. The van der Waals surface area contributed by atoms with Crippen molar-refractivity contribution in [2.45, 2.75) is 12.8 Å². The number of likely N-dealkylation sites (tertiary alicyclic amines) is 1. The van der Waals surface area contributed by atoms with Gasteiger partial charge in [0.05, 0.1) is 11.4 Å². The van der Waals surface area contributed by atoms with E-state index < -0.39 is 0 Å². The van der Waals surface area contributed by atoms with Gasteiger partial charge in [0, 0.05) is 26.2 Å². The van der Waals surface area contributed by atoms with Gasteiger partial charge in [-0.05, 0) is 57.1 Å². The fraction of sp³-hybridized carbons (Fsp3) is 0.562. The van der Waals surface area contributed by atoms with Crippen LogP contribution in [0.25, 0.3) is 0 Å². The van der Waals surface area contributed by atoms with Crippen LogP contribution in [0.15, 0.2) is 18.2 Å². The van der Waals surface area contributed by atoms with Crippen molar-refractivity contribution in [2.75, 3.05) is 51.8 Å². The third-order valence-electron chi connectivity index (χ3n) is 4.13. The first-order valence-corrected chi connectivity index (χ1v) is 7.51. The average molecular weight is 290 g/mol. The van der Waals surface area contributed by atoms with E-state index in [0.717, 1.165) is 25.3 Å². The monoisotopic (exact) mass is 290 g/mol. The lowest BCUT2D eigenvalue weighted by molar-refractivity contribution is 0.0827. The van der Waals surface area contributed by atoms with E-state index in [2.05, 4.69) is 17.3 Å². The molecule has 0 radical (unpaired) electrons. The first kappa shape index (κ1) is 15.6. The highest BCUT2D eigenvalue weighted by Gasteiger charge is 2.17. The Morgan fingerprint density at radius 3 is 2.67 bits per heavy atom. The zero-order valence-corrected chi connectivity index (χ0v) is 13.2. The SMILES string of the molecule is CN1CCC(CNc2cc(C(=O)N(C)C)ccc2N)CC1. The molecule has 0 aliphatic carbocycles. The molecule has 116 valence electrons. The van der Waals surface area contributed by atoms with Crippen LogP contribution in [0.2, 0.25) is 0 Å². The fourth-order valence-corrected chi connectivity index (χ4v) is 2.62. The summed E-state index contributed by atoms with van der Waals surface area (Å²) in [4.78, 5) is 15.9. The molecule has 21 heavy (non-hydrogen) atoms. The first-order chi connectivity index (χ1) is 9.97. The second kappa shape index (κ2) is 6.80. The van der Waals surface area contributed by atoms with Crippen molar-refractivity contribution in [3.05, 3.63) is 23.8 Å². The Balaban J connectivity index is 1.99. The van der Waals surface area contributed by atoms with E-state index in [-0.39, 0.29) is 5.91 Å².